The number of nitrogens with zero attached hydrogens (tertiary/aromatic N) is 5. The van der Waals surface area contributed by atoms with Crippen LogP contribution in [0.4, 0.5) is 5.82 Å². The summed E-state index contributed by atoms with van der Waals surface area (Å²) in [6.45, 7) is 8.35. The van der Waals surface area contributed by atoms with Crippen molar-refractivity contribution < 1.29 is 9.59 Å². The third-order valence-electron chi connectivity index (χ3n) is 6.51. The van der Waals surface area contributed by atoms with Crippen LogP contribution in [0.5, 0.6) is 0 Å². The van der Waals surface area contributed by atoms with Gasteiger partial charge in [0, 0.05) is 37.7 Å². The van der Waals surface area contributed by atoms with Crippen LogP contribution >= 0.6 is 0 Å². The average molecular weight is 472 g/mol. The minimum absolute atomic E-state index is 0.0119. The predicted octanol–water partition coefficient (Wildman–Crippen LogP) is 4.04. The van der Waals surface area contributed by atoms with Crippen molar-refractivity contribution in [3.8, 4) is 11.3 Å². The molecule has 182 valence electrons. The molecule has 1 atom stereocenters. The monoisotopic (exact) mass is 471 g/mol. The van der Waals surface area contributed by atoms with Crippen LogP contribution in [0.1, 0.15) is 32.4 Å². The van der Waals surface area contributed by atoms with E-state index in [1.807, 2.05) is 98.5 Å². The third kappa shape index (κ3) is 5.85. The van der Waals surface area contributed by atoms with E-state index in [0.29, 0.717) is 26.2 Å². The molecule has 0 saturated carbocycles. The zero-order chi connectivity index (χ0) is 24.8. The Kier molecular flexibility index (Phi) is 7.75. The summed E-state index contributed by atoms with van der Waals surface area (Å²) in [5, 5.41) is 8.80. The fraction of sp³-hybridized carbons (Fsp3) is 0.357. The molecule has 1 aliphatic heterocycles. The van der Waals surface area contributed by atoms with Crippen molar-refractivity contribution in [1.29, 1.82) is 0 Å². The Labute approximate surface area is 207 Å². The molecule has 4 rings (SSSR count). The van der Waals surface area contributed by atoms with Crippen LogP contribution in [0, 0.1) is 5.92 Å². The van der Waals surface area contributed by atoms with Gasteiger partial charge in [-0.05, 0) is 24.6 Å². The molecule has 2 amide bonds. The normalized spacial score (nSPS) is 14.6. The minimum Gasteiger partial charge on any atom is -0.352 e. The maximum absolute atomic E-state index is 13.2. The zero-order valence-corrected chi connectivity index (χ0v) is 20.7. The highest BCUT2D eigenvalue weighted by Crippen LogP contribution is 2.23. The first kappa shape index (κ1) is 24.4. The summed E-state index contributed by atoms with van der Waals surface area (Å²) >= 11 is 0. The summed E-state index contributed by atoms with van der Waals surface area (Å²) in [5.41, 5.74) is 2.90. The van der Waals surface area contributed by atoms with Crippen LogP contribution in [0.2, 0.25) is 0 Å². The Hall–Kier alpha value is -3.74. The van der Waals surface area contributed by atoms with Crippen molar-refractivity contribution in [1.82, 2.24) is 20.0 Å². The lowest BCUT2D eigenvalue weighted by Gasteiger charge is -2.37. The first-order chi connectivity index (χ1) is 16.9. The van der Waals surface area contributed by atoms with Crippen LogP contribution in [0.3, 0.4) is 0 Å². The molecule has 0 bridgehead atoms. The van der Waals surface area contributed by atoms with E-state index >= 15 is 0 Å². The quantitative estimate of drug-likeness (QED) is 0.520. The Morgan fingerprint density at radius 3 is 2.03 bits per heavy atom. The van der Waals surface area contributed by atoms with E-state index < -0.39 is 0 Å². The summed E-state index contributed by atoms with van der Waals surface area (Å²) in [7, 11) is 0. The van der Waals surface area contributed by atoms with E-state index in [4.69, 9.17) is 0 Å². The number of carbonyl (C=O) groups is 2. The standard InChI is InChI=1S/C28H33N5O2/c1-21(2)28(35)33(22(3)23-10-6-4-7-11-23)20-27(34)32-18-16-31(17-19-32)26-15-14-25(29-30-26)24-12-8-5-9-13-24/h4-15,21-22H,16-20H2,1-3H3. The summed E-state index contributed by atoms with van der Waals surface area (Å²) in [5.74, 6) is 0.600. The Morgan fingerprint density at radius 1 is 0.829 bits per heavy atom. The molecule has 1 aromatic heterocycles. The van der Waals surface area contributed by atoms with Gasteiger partial charge in [0.05, 0.1) is 11.7 Å². The Morgan fingerprint density at radius 2 is 1.46 bits per heavy atom. The number of carbonyl (C=O) groups excluding carboxylic acids is 2. The second kappa shape index (κ2) is 11.1. The lowest BCUT2D eigenvalue weighted by atomic mass is 10.0. The van der Waals surface area contributed by atoms with Crippen molar-refractivity contribution in [3.63, 3.8) is 0 Å². The van der Waals surface area contributed by atoms with E-state index in [1.165, 1.54) is 0 Å². The van der Waals surface area contributed by atoms with Crippen LogP contribution in [0.25, 0.3) is 11.3 Å². The maximum Gasteiger partial charge on any atom is 0.242 e. The molecule has 3 aromatic rings. The largest absolute Gasteiger partial charge is 0.352 e. The first-order valence-electron chi connectivity index (χ1n) is 12.2. The number of rotatable bonds is 7. The Bertz CT molecular complexity index is 1110. The molecule has 1 aliphatic rings. The van der Waals surface area contributed by atoms with Gasteiger partial charge in [-0.15, -0.1) is 10.2 Å². The SMILES string of the molecule is CC(C)C(=O)N(CC(=O)N1CCN(c2ccc(-c3ccccc3)nn2)CC1)C(C)c1ccccc1. The molecule has 1 unspecified atom stereocenters. The van der Waals surface area contributed by atoms with E-state index in [1.54, 1.807) is 4.90 Å². The lowest BCUT2D eigenvalue weighted by molar-refractivity contribution is -0.144. The number of anilines is 1. The van der Waals surface area contributed by atoms with Gasteiger partial charge in [-0.25, -0.2) is 0 Å². The van der Waals surface area contributed by atoms with E-state index in [-0.39, 0.29) is 30.3 Å². The molecule has 0 spiro atoms. The highest BCUT2D eigenvalue weighted by atomic mass is 16.2. The van der Waals surface area contributed by atoms with Gasteiger partial charge in [-0.2, -0.15) is 0 Å². The van der Waals surface area contributed by atoms with Gasteiger partial charge >= 0.3 is 0 Å². The molecule has 0 N–H and O–H groups in total. The number of benzene rings is 2. The molecule has 7 nitrogen and oxygen atoms in total. The molecule has 1 saturated heterocycles. The Balaban J connectivity index is 1.37. The minimum atomic E-state index is -0.178. The summed E-state index contributed by atoms with van der Waals surface area (Å²) in [4.78, 5) is 31.9. The van der Waals surface area contributed by atoms with Gasteiger partial charge in [-0.1, -0.05) is 74.5 Å². The third-order valence-corrected chi connectivity index (χ3v) is 6.51. The van der Waals surface area contributed by atoms with Crippen LogP contribution < -0.4 is 4.90 Å². The highest BCUT2D eigenvalue weighted by molar-refractivity contribution is 5.86. The molecule has 2 aromatic carbocycles. The smallest absolute Gasteiger partial charge is 0.242 e. The fourth-order valence-corrected chi connectivity index (χ4v) is 4.34. The molecular formula is C28H33N5O2. The second-order valence-electron chi connectivity index (χ2n) is 9.22. The maximum atomic E-state index is 13.2. The van der Waals surface area contributed by atoms with E-state index in [2.05, 4.69) is 15.1 Å². The van der Waals surface area contributed by atoms with Gasteiger partial charge in [0.25, 0.3) is 0 Å². The van der Waals surface area contributed by atoms with Gasteiger partial charge < -0.3 is 14.7 Å². The van der Waals surface area contributed by atoms with Crippen LogP contribution in [0.15, 0.2) is 72.8 Å². The number of amides is 2. The van der Waals surface area contributed by atoms with Gasteiger partial charge in [0.15, 0.2) is 5.82 Å². The van der Waals surface area contributed by atoms with Crippen LogP contribution in [-0.4, -0.2) is 64.5 Å². The molecule has 7 heteroatoms. The number of hydrogen-bond acceptors (Lipinski definition) is 5. The summed E-state index contributed by atoms with van der Waals surface area (Å²) in [6.07, 6.45) is 0. The number of aromatic nitrogens is 2. The van der Waals surface area contributed by atoms with Crippen molar-refractivity contribution >= 4 is 17.6 Å². The van der Waals surface area contributed by atoms with Gasteiger partial charge in [0.1, 0.15) is 6.54 Å². The summed E-state index contributed by atoms with van der Waals surface area (Å²) in [6, 6.07) is 23.6. The van der Waals surface area contributed by atoms with Crippen molar-refractivity contribution in [2.24, 2.45) is 5.92 Å². The fourth-order valence-electron chi connectivity index (χ4n) is 4.34. The van der Waals surface area contributed by atoms with Crippen LogP contribution in [-0.2, 0) is 9.59 Å². The first-order valence-corrected chi connectivity index (χ1v) is 12.2. The van der Waals surface area contributed by atoms with E-state index in [9.17, 15) is 9.59 Å². The molecular weight excluding hydrogens is 438 g/mol. The lowest BCUT2D eigenvalue weighted by Crippen LogP contribution is -2.52. The molecule has 2 heterocycles. The molecule has 0 radical (unpaired) electrons. The van der Waals surface area contributed by atoms with Crippen molar-refractivity contribution in [3.05, 3.63) is 78.4 Å². The van der Waals surface area contributed by atoms with Crippen molar-refractivity contribution in [2.75, 3.05) is 37.6 Å². The highest BCUT2D eigenvalue weighted by Gasteiger charge is 2.29. The zero-order valence-electron chi connectivity index (χ0n) is 20.7. The molecule has 0 aliphatic carbocycles. The van der Waals surface area contributed by atoms with E-state index in [0.717, 1.165) is 22.6 Å². The molecule has 35 heavy (non-hydrogen) atoms. The van der Waals surface area contributed by atoms with Gasteiger partial charge in [-0.3, -0.25) is 9.59 Å². The summed E-state index contributed by atoms with van der Waals surface area (Å²) < 4.78 is 0. The molecule has 1 fully saturated rings. The van der Waals surface area contributed by atoms with Gasteiger partial charge in [0.2, 0.25) is 11.8 Å². The predicted molar refractivity (Wildman–Crippen MR) is 138 cm³/mol. The van der Waals surface area contributed by atoms with Crippen molar-refractivity contribution in [2.45, 2.75) is 26.8 Å². The number of piperazine rings is 1. The second-order valence-corrected chi connectivity index (χ2v) is 9.22. The number of hydrogen-bond donors (Lipinski definition) is 0. The topological polar surface area (TPSA) is 69.6 Å². The average Bonchev–Trinajstić information content (AvgIpc) is 2.92.